The van der Waals surface area contributed by atoms with E-state index in [-0.39, 0.29) is 37.6 Å². The number of sulfonamides is 1. The number of aliphatic hydroxyl groups excluding tert-OH is 1. The molecule has 0 aliphatic carbocycles. The molecule has 2 aromatic carbocycles. The molecule has 1 heterocycles. The number of fused-ring (bicyclic) bond motifs is 1. The van der Waals surface area contributed by atoms with E-state index in [0.717, 1.165) is 9.87 Å². The van der Waals surface area contributed by atoms with Crippen LogP contribution in [0.2, 0.25) is 0 Å². The van der Waals surface area contributed by atoms with E-state index in [2.05, 4.69) is 11.4 Å². The van der Waals surface area contributed by atoms with Crippen LogP contribution in [0.25, 0.3) is 0 Å². The molecule has 194 valence electrons. The second-order valence-corrected chi connectivity index (χ2v) is 11.4. The third kappa shape index (κ3) is 7.10. The minimum atomic E-state index is -4.13. The average Bonchev–Trinajstić information content (AvgIpc) is 3.30. The number of amides is 1. The Bertz CT molecular complexity index is 1200. The molecule has 1 aliphatic rings. The van der Waals surface area contributed by atoms with Gasteiger partial charge in [0.1, 0.15) is 0 Å². The summed E-state index contributed by atoms with van der Waals surface area (Å²) in [6.45, 7) is 3.33. The molecule has 1 amide bonds. The predicted octanol–water partition coefficient (Wildman–Crippen LogP) is 2.98. The second-order valence-electron chi connectivity index (χ2n) is 9.45. The summed E-state index contributed by atoms with van der Waals surface area (Å²) in [5.74, 6) is 0.735. The van der Waals surface area contributed by atoms with Gasteiger partial charge in [-0.3, -0.25) is 0 Å². The van der Waals surface area contributed by atoms with Crippen LogP contribution in [0.15, 0.2) is 53.4 Å². The zero-order chi connectivity index (χ0) is 26.3. The summed E-state index contributed by atoms with van der Waals surface area (Å²) in [5.41, 5.74) is 0.198. The molecule has 0 fully saturated rings. The molecule has 0 unspecified atom stereocenters. The number of nitrogens with zero attached hydrogens (tertiary/aromatic N) is 2. The Hall–Kier alpha value is -3.33. The van der Waals surface area contributed by atoms with Gasteiger partial charge in [-0.2, -0.15) is 9.57 Å². The molecule has 0 saturated carbocycles. The van der Waals surface area contributed by atoms with Gasteiger partial charge >= 0.3 is 6.09 Å². The van der Waals surface area contributed by atoms with Crippen molar-refractivity contribution < 1.29 is 32.9 Å². The fourth-order valence-electron chi connectivity index (χ4n) is 4.03. The molecule has 10 nitrogen and oxygen atoms in total. The number of ether oxygens (including phenoxy) is 2. The number of benzene rings is 2. The standard InChI is InChI=1S/C25H31N3O7S/c1-25(2,11-6-12-26)16-28(36(32,33)19-9-10-22-23(14-19)35-17-34-22)15-21(29)20(27-24(30)31)13-18-7-4-3-5-8-18/h3-5,7-10,14,20-21,27,29H,6,11,13,15-17H2,1-2H3,(H,30,31)/t20-,21+/m0/s1. The summed E-state index contributed by atoms with van der Waals surface area (Å²) >= 11 is 0. The van der Waals surface area contributed by atoms with Gasteiger partial charge in [0.05, 0.1) is 23.1 Å². The van der Waals surface area contributed by atoms with Gasteiger partial charge in [-0.15, -0.1) is 0 Å². The second kappa shape index (κ2) is 11.6. The van der Waals surface area contributed by atoms with E-state index in [0.29, 0.717) is 17.9 Å². The Labute approximate surface area is 211 Å². The molecule has 11 heteroatoms. The van der Waals surface area contributed by atoms with E-state index in [1.54, 1.807) is 24.3 Å². The van der Waals surface area contributed by atoms with Crippen molar-refractivity contribution in [2.45, 2.75) is 50.2 Å². The molecule has 3 rings (SSSR count). The fourth-order valence-corrected chi connectivity index (χ4v) is 5.69. The molecular formula is C25H31N3O7S. The molecule has 2 aromatic rings. The lowest BCUT2D eigenvalue weighted by atomic mass is 9.88. The number of nitriles is 1. The van der Waals surface area contributed by atoms with Crippen LogP contribution in [-0.4, -0.2) is 61.1 Å². The van der Waals surface area contributed by atoms with Crippen LogP contribution < -0.4 is 14.8 Å². The highest BCUT2D eigenvalue weighted by atomic mass is 32.2. The highest BCUT2D eigenvalue weighted by Gasteiger charge is 2.35. The van der Waals surface area contributed by atoms with Crippen LogP contribution in [0, 0.1) is 16.7 Å². The van der Waals surface area contributed by atoms with E-state index < -0.39 is 33.7 Å². The maximum atomic E-state index is 13.7. The summed E-state index contributed by atoms with van der Waals surface area (Å²) in [5, 5.41) is 31.8. The molecule has 0 radical (unpaired) electrons. The van der Waals surface area contributed by atoms with Crippen LogP contribution in [0.1, 0.15) is 32.3 Å². The summed E-state index contributed by atoms with van der Waals surface area (Å²) < 4.78 is 39.2. The third-order valence-corrected chi connectivity index (χ3v) is 7.77. The first-order chi connectivity index (χ1) is 17.0. The van der Waals surface area contributed by atoms with E-state index >= 15 is 0 Å². The molecule has 2 atom stereocenters. The summed E-state index contributed by atoms with van der Waals surface area (Å²) in [6, 6.07) is 14.4. The van der Waals surface area contributed by atoms with E-state index in [9.17, 15) is 23.4 Å². The Kier molecular flexibility index (Phi) is 8.79. The van der Waals surface area contributed by atoms with Gasteiger partial charge < -0.3 is 25.0 Å². The first kappa shape index (κ1) is 27.3. The smallest absolute Gasteiger partial charge is 0.404 e. The highest BCUT2D eigenvalue weighted by Crippen LogP contribution is 2.35. The van der Waals surface area contributed by atoms with Crippen molar-refractivity contribution >= 4 is 16.1 Å². The fraction of sp³-hybridized carbons (Fsp3) is 0.440. The van der Waals surface area contributed by atoms with Gasteiger partial charge in [0.25, 0.3) is 0 Å². The number of aliphatic hydroxyl groups is 1. The Balaban J connectivity index is 1.91. The monoisotopic (exact) mass is 517 g/mol. The van der Waals surface area contributed by atoms with Crippen molar-refractivity contribution in [3.63, 3.8) is 0 Å². The van der Waals surface area contributed by atoms with E-state index in [1.165, 1.54) is 18.2 Å². The number of carboxylic acid groups (broad SMARTS) is 1. The SMILES string of the molecule is CC(C)(CCC#N)CN(C[C@@H](O)[C@H](Cc1ccccc1)NC(=O)O)S(=O)(=O)c1ccc2c(c1)OCO2. The van der Waals surface area contributed by atoms with Crippen molar-refractivity contribution in [1.82, 2.24) is 9.62 Å². The zero-order valence-corrected chi connectivity index (χ0v) is 21.1. The maximum absolute atomic E-state index is 13.7. The summed E-state index contributed by atoms with van der Waals surface area (Å²) in [7, 11) is -4.13. The van der Waals surface area contributed by atoms with Gasteiger partial charge in [0.15, 0.2) is 11.5 Å². The Morgan fingerprint density at radius 2 is 1.89 bits per heavy atom. The predicted molar refractivity (Wildman–Crippen MR) is 131 cm³/mol. The summed E-state index contributed by atoms with van der Waals surface area (Å²) in [6.07, 6.45) is -1.83. The lowest BCUT2D eigenvalue weighted by Crippen LogP contribution is -2.51. The first-order valence-electron chi connectivity index (χ1n) is 11.5. The number of carbonyl (C=O) groups is 1. The van der Waals surface area contributed by atoms with Crippen molar-refractivity contribution in [3.8, 4) is 17.6 Å². The van der Waals surface area contributed by atoms with Gasteiger partial charge in [-0.1, -0.05) is 44.2 Å². The normalized spacial score (nSPS) is 14.8. The minimum Gasteiger partial charge on any atom is -0.465 e. The van der Waals surface area contributed by atoms with Crippen LogP contribution in [0.4, 0.5) is 4.79 Å². The van der Waals surface area contributed by atoms with Gasteiger partial charge in [0.2, 0.25) is 16.8 Å². The lowest BCUT2D eigenvalue weighted by Gasteiger charge is -2.34. The largest absolute Gasteiger partial charge is 0.465 e. The number of hydrogen-bond acceptors (Lipinski definition) is 7. The minimum absolute atomic E-state index is 0.00758. The number of hydrogen-bond donors (Lipinski definition) is 3. The Morgan fingerprint density at radius 1 is 1.19 bits per heavy atom. The van der Waals surface area contributed by atoms with Crippen molar-refractivity contribution in [3.05, 3.63) is 54.1 Å². The van der Waals surface area contributed by atoms with E-state index in [1.807, 2.05) is 19.9 Å². The number of nitrogens with one attached hydrogen (secondary N) is 1. The molecule has 3 N–H and O–H groups in total. The van der Waals surface area contributed by atoms with Gasteiger partial charge in [-0.05, 0) is 36.0 Å². The van der Waals surface area contributed by atoms with Crippen molar-refractivity contribution in [2.75, 3.05) is 19.9 Å². The van der Waals surface area contributed by atoms with Crippen molar-refractivity contribution in [2.24, 2.45) is 5.41 Å². The molecule has 0 bridgehead atoms. The first-order valence-corrected chi connectivity index (χ1v) is 12.9. The third-order valence-electron chi connectivity index (χ3n) is 5.96. The lowest BCUT2D eigenvalue weighted by molar-refractivity contribution is 0.0908. The zero-order valence-electron chi connectivity index (χ0n) is 20.3. The van der Waals surface area contributed by atoms with Gasteiger partial charge in [-0.25, -0.2) is 13.2 Å². The Morgan fingerprint density at radius 3 is 2.56 bits per heavy atom. The molecular weight excluding hydrogens is 486 g/mol. The van der Waals surface area contributed by atoms with Gasteiger partial charge in [0, 0.05) is 25.6 Å². The maximum Gasteiger partial charge on any atom is 0.404 e. The van der Waals surface area contributed by atoms with Crippen LogP contribution >= 0.6 is 0 Å². The van der Waals surface area contributed by atoms with Crippen LogP contribution in [0.3, 0.4) is 0 Å². The van der Waals surface area contributed by atoms with Crippen LogP contribution in [-0.2, 0) is 16.4 Å². The molecule has 1 aliphatic heterocycles. The molecule has 0 aromatic heterocycles. The van der Waals surface area contributed by atoms with Crippen LogP contribution in [0.5, 0.6) is 11.5 Å². The van der Waals surface area contributed by atoms with E-state index in [4.69, 9.17) is 14.7 Å². The molecule has 36 heavy (non-hydrogen) atoms. The average molecular weight is 518 g/mol. The molecule has 0 saturated heterocycles. The quantitative estimate of drug-likeness (QED) is 0.389. The van der Waals surface area contributed by atoms with Crippen molar-refractivity contribution in [1.29, 1.82) is 5.26 Å². The molecule has 0 spiro atoms. The summed E-state index contributed by atoms with van der Waals surface area (Å²) in [4.78, 5) is 11.4. The number of rotatable bonds is 12. The topological polar surface area (TPSA) is 149 Å². The highest BCUT2D eigenvalue weighted by molar-refractivity contribution is 7.89.